The number of unbranched alkanes of at least 4 members (excludes halogenated alkanes) is 11. The summed E-state index contributed by atoms with van der Waals surface area (Å²) in [5.41, 5.74) is 5.66. The van der Waals surface area contributed by atoms with Crippen LogP contribution >= 0.6 is 0 Å². The Hall–Kier alpha value is -1.63. The van der Waals surface area contributed by atoms with Crippen LogP contribution in [0, 0.1) is 5.92 Å². The average molecular weight is 528 g/mol. The summed E-state index contributed by atoms with van der Waals surface area (Å²) in [4.78, 5) is 35.6. The molecular weight excluding hydrogens is 470 g/mol. The van der Waals surface area contributed by atoms with Gasteiger partial charge >= 0.3 is 17.9 Å². The zero-order chi connectivity index (χ0) is 27.6. The van der Waals surface area contributed by atoms with Gasteiger partial charge in [0, 0.05) is 31.7 Å². The highest BCUT2D eigenvalue weighted by atomic mass is 16.5. The van der Waals surface area contributed by atoms with Gasteiger partial charge in [-0.05, 0) is 38.5 Å². The second kappa shape index (κ2) is 26.0. The fourth-order valence-corrected chi connectivity index (χ4v) is 4.13. The molecule has 0 saturated carbocycles. The number of hydrogen-bond donors (Lipinski definition) is 1. The van der Waals surface area contributed by atoms with Crippen LogP contribution in [0.2, 0.25) is 0 Å². The fourth-order valence-electron chi connectivity index (χ4n) is 4.13. The van der Waals surface area contributed by atoms with Gasteiger partial charge in [-0.25, -0.2) is 0 Å². The van der Waals surface area contributed by atoms with Crippen molar-refractivity contribution in [3.8, 4) is 0 Å². The van der Waals surface area contributed by atoms with E-state index in [-0.39, 0.29) is 43.1 Å². The maximum Gasteiger partial charge on any atom is 0.306 e. The van der Waals surface area contributed by atoms with Crippen molar-refractivity contribution in [3.05, 3.63) is 0 Å². The van der Waals surface area contributed by atoms with E-state index < -0.39 is 0 Å². The highest BCUT2D eigenvalue weighted by Crippen LogP contribution is 2.17. The van der Waals surface area contributed by atoms with Gasteiger partial charge < -0.3 is 19.9 Å². The minimum absolute atomic E-state index is 0.0631. The molecule has 0 aliphatic carbocycles. The molecule has 218 valence electrons. The number of hydrogen-bond acceptors (Lipinski definition) is 7. The maximum absolute atomic E-state index is 12.4. The second-order valence-electron chi connectivity index (χ2n) is 10.3. The van der Waals surface area contributed by atoms with E-state index in [9.17, 15) is 14.4 Å². The summed E-state index contributed by atoms with van der Waals surface area (Å²) >= 11 is 0. The first-order valence-electron chi connectivity index (χ1n) is 15.2. The molecule has 0 aliphatic heterocycles. The molecule has 0 bridgehead atoms. The van der Waals surface area contributed by atoms with Gasteiger partial charge in [-0.3, -0.25) is 14.4 Å². The van der Waals surface area contributed by atoms with Gasteiger partial charge in [-0.2, -0.15) is 0 Å². The van der Waals surface area contributed by atoms with Gasteiger partial charge in [0.05, 0.1) is 13.2 Å². The molecule has 2 atom stereocenters. The summed E-state index contributed by atoms with van der Waals surface area (Å²) in [6, 6.07) is 0. The van der Waals surface area contributed by atoms with E-state index in [4.69, 9.17) is 19.9 Å². The van der Waals surface area contributed by atoms with E-state index in [2.05, 4.69) is 13.8 Å². The summed E-state index contributed by atoms with van der Waals surface area (Å²) in [5, 5.41) is 0. The molecule has 0 aromatic rings. The first kappa shape index (κ1) is 35.4. The summed E-state index contributed by atoms with van der Waals surface area (Å²) in [5.74, 6) is -0.807. The summed E-state index contributed by atoms with van der Waals surface area (Å²) in [6.45, 7) is 6.80. The summed E-state index contributed by atoms with van der Waals surface area (Å²) in [6.07, 6.45) is 18.7. The molecule has 2 N–H and O–H groups in total. The molecule has 0 aliphatic rings. The third-order valence-corrected chi connectivity index (χ3v) is 6.65. The maximum atomic E-state index is 12.4. The predicted octanol–water partition coefficient (Wildman–Crippen LogP) is 7.03. The molecule has 0 fully saturated rings. The molecular formula is C30H57NO6. The van der Waals surface area contributed by atoms with Crippen LogP contribution in [-0.4, -0.2) is 43.8 Å². The third kappa shape index (κ3) is 23.2. The average Bonchev–Trinajstić information content (AvgIpc) is 2.90. The number of carbonyl (C=O) groups excluding carboxylic acids is 3. The Morgan fingerprint density at radius 1 is 0.595 bits per heavy atom. The lowest BCUT2D eigenvalue weighted by Crippen LogP contribution is -2.27. The van der Waals surface area contributed by atoms with Crippen molar-refractivity contribution in [2.75, 3.05) is 19.8 Å². The van der Waals surface area contributed by atoms with Crippen LogP contribution in [0.3, 0.4) is 0 Å². The van der Waals surface area contributed by atoms with Crippen LogP contribution in [0.5, 0.6) is 0 Å². The molecule has 7 nitrogen and oxygen atoms in total. The Balaban J connectivity index is 4.02. The highest BCUT2D eigenvalue weighted by Gasteiger charge is 2.15. The van der Waals surface area contributed by atoms with E-state index in [0.29, 0.717) is 25.8 Å². The zero-order valence-electron chi connectivity index (χ0n) is 24.2. The topological polar surface area (TPSA) is 105 Å². The van der Waals surface area contributed by atoms with Gasteiger partial charge in [0.15, 0.2) is 0 Å². The number of rotatable bonds is 26. The van der Waals surface area contributed by atoms with Gasteiger partial charge in [-0.15, -0.1) is 0 Å². The van der Waals surface area contributed by atoms with Crippen molar-refractivity contribution < 1.29 is 28.6 Å². The van der Waals surface area contributed by atoms with Crippen LogP contribution < -0.4 is 5.73 Å². The van der Waals surface area contributed by atoms with E-state index >= 15 is 0 Å². The monoisotopic (exact) mass is 527 g/mol. The number of esters is 3. The molecule has 0 aromatic carbocycles. The van der Waals surface area contributed by atoms with Crippen LogP contribution in [-0.2, 0) is 28.6 Å². The number of carbonyl (C=O) groups is 3. The molecule has 0 aromatic heterocycles. The summed E-state index contributed by atoms with van der Waals surface area (Å²) < 4.78 is 16.2. The standard InChI is InChI=1S/C30H57NO6/c1-4-7-9-11-12-16-20-27(19-15-10-8-5-2)37-30(34)22-18-14-13-17-21-29(33)36-25-26(23-31)24-35-28(32)6-3/h26-27H,4-25,31H2,1-3H3. The Bertz CT molecular complexity index is 568. The van der Waals surface area contributed by atoms with Crippen LogP contribution in [0.1, 0.15) is 143 Å². The lowest BCUT2D eigenvalue weighted by Gasteiger charge is -2.18. The van der Waals surface area contributed by atoms with Crippen molar-refractivity contribution in [3.63, 3.8) is 0 Å². The SMILES string of the molecule is CCCCCCCCC(CCCCCC)OC(=O)CCCCCCC(=O)OCC(CN)COC(=O)CC. The Morgan fingerprint density at radius 3 is 1.59 bits per heavy atom. The van der Waals surface area contributed by atoms with Crippen LogP contribution in [0.4, 0.5) is 0 Å². The van der Waals surface area contributed by atoms with Crippen molar-refractivity contribution in [2.24, 2.45) is 11.7 Å². The van der Waals surface area contributed by atoms with E-state index in [1.165, 1.54) is 51.4 Å². The molecule has 0 spiro atoms. The van der Waals surface area contributed by atoms with Crippen LogP contribution in [0.25, 0.3) is 0 Å². The lowest BCUT2D eigenvalue weighted by molar-refractivity contribution is -0.151. The first-order valence-corrected chi connectivity index (χ1v) is 15.2. The Labute approximate surface area is 226 Å². The quantitative estimate of drug-likeness (QED) is 0.0731. The smallest absolute Gasteiger partial charge is 0.306 e. The van der Waals surface area contributed by atoms with Gasteiger partial charge in [0.1, 0.15) is 6.10 Å². The highest BCUT2D eigenvalue weighted by molar-refractivity contribution is 5.70. The lowest BCUT2D eigenvalue weighted by atomic mass is 10.0. The van der Waals surface area contributed by atoms with Gasteiger partial charge in [0.25, 0.3) is 0 Å². The molecule has 0 rings (SSSR count). The summed E-state index contributed by atoms with van der Waals surface area (Å²) in [7, 11) is 0. The van der Waals surface area contributed by atoms with Crippen molar-refractivity contribution in [2.45, 2.75) is 149 Å². The Kier molecular flexibility index (Phi) is 24.9. The van der Waals surface area contributed by atoms with E-state index in [1.807, 2.05) is 0 Å². The minimum atomic E-state index is -0.283. The minimum Gasteiger partial charge on any atom is -0.465 e. The fraction of sp³-hybridized carbons (Fsp3) is 0.900. The number of ether oxygens (including phenoxy) is 3. The Morgan fingerprint density at radius 2 is 1.05 bits per heavy atom. The van der Waals surface area contributed by atoms with E-state index in [0.717, 1.165) is 51.4 Å². The van der Waals surface area contributed by atoms with Crippen molar-refractivity contribution >= 4 is 17.9 Å². The van der Waals surface area contributed by atoms with Gasteiger partial charge in [-0.1, -0.05) is 85.0 Å². The molecule has 0 heterocycles. The predicted molar refractivity (Wildman–Crippen MR) is 149 cm³/mol. The second-order valence-corrected chi connectivity index (χ2v) is 10.3. The van der Waals surface area contributed by atoms with Gasteiger partial charge in [0.2, 0.25) is 0 Å². The molecule has 0 amide bonds. The first-order chi connectivity index (χ1) is 18.0. The normalized spacial score (nSPS) is 12.6. The molecule has 0 radical (unpaired) electrons. The van der Waals surface area contributed by atoms with Crippen molar-refractivity contribution in [1.29, 1.82) is 0 Å². The van der Waals surface area contributed by atoms with E-state index in [1.54, 1.807) is 6.92 Å². The zero-order valence-corrected chi connectivity index (χ0v) is 24.2. The van der Waals surface area contributed by atoms with Crippen molar-refractivity contribution in [1.82, 2.24) is 0 Å². The van der Waals surface area contributed by atoms with Crippen LogP contribution in [0.15, 0.2) is 0 Å². The molecule has 7 heteroatoms. The molecule has 37 heavy (non-hydrogen) atoms. The molecule has 2 unspecified atom stereocenters. The third-order valence-electron chi connectivity index (χ3n) is 6.65. The largest absolute Gasteiger partial charge is 0.465 e. The number of nitrogens with two attached hydrogens (primary N) is 1. The molecule has 0 saturated heterocycles.